The second-order valence-electron chi connectivity index (χ2n) is 7.24. The monoisotopic (exact) mass is 424 g/mol. The van der Waals surface area contributed by atoms with Gasteiger partial charge in [0.2, 0.25) is 0 Å². The van der Waals surface area contributed by atoms with Crippen LogP contribution < -0.4 is 21.1 Å². The molecular weight excluding hydrogens is 400 g/mol. The van der Waals surface area contributed by atoms with E-state index >= 15 is 0 Å². The van der Waals surface area contributed by atoms with Crippen molar-refractivity contribution in [1.82, 2.24) is 19.9 Å². The smallest absolute Gasteiger partial charge is 0.319 e. The Hall–Kier alpha value is -3.07. The van der Waals surface area contributed by atoms with Crippen LogP contribution in [0.1, 0.15) is 12.8 Å². The largest absolute Gasteiger partial charge is 0.352 e. The van der Waals surface area contributed by atoms with Crippen LogP contribution in [0.2, 0.25) is 0 Å². The van der Waals surface area contributed by atoms with Gasteiger partial charge in [-0.15, -0.1) is 11.8 Å². The molecule has 1 fully saturated rings. The lowest BCUT2D eigenvalue weighted by molar-refractivity contribution is 0.246. The van der Waals surface area contributed by atoms with Gasteiger partial charge >= 0.3 is 6.03 Å². The van der Waals surface area contributed by atoms with E-state index in [-0.39, 0.29) is 17.6 Å². The second-order valence-corrected chi connectivity index (χ2v) is 8.12. The van der Waals surface area contributed by atoms with E-state index in [9.17, 15) is 9.59 Å². The highest BCUT2D eigenvalue weighted by atomic mass is 32.2. The van der Waals surface area contributed by atoms with E-state index < -0.39 is 0 Å². The van der Waals surface area contributed by atoms with Gasteiger partial charge in [-0.3, -0.25) is 9.36 Å². The first-order valence-corrected chi connectivity index (χ1v) is 11.1. The zero-order chi connectivity index (χ0) is 21.1. The van der Waals surface area contributed by atoms with Crippen LogP contribution in [0.4, 0.5) is 16.3 Å². The fraction of sp³-hybridized carbons (Fsp3) is 0.333. The van der Waals surface area contributed by atoms with Gasteiger partial charge < -0.3 is 15.5 Å². The van der Waals surface area contributed by atoms with Gasteiger partial charge in [0.1, 0.15) is 5.52 Å². The van der Waals surface area contributed by atoms with Crippen LogP contribution in [0.25, 0.3) is 11.2 Å². The highest BCUT2D eigenvalue weighted by molar-refractivity contribution is 7.98. The molecule has 0 atom stereocenters. The van der Waals surface area contributed by atoms with E-state index in [1.807, 2.05) is 47.6 Å². The lowest BCUT2D eigenvalue weighted by Crippen LogP contribution is -2.47. The first kappa shape index (κ1) is 20.2. The minimum atomic E-state index is -0.211. The molecule has 9 heteroatoms. The molecule has 0 radical (unpaired) electrons. The van der Waals surface area contributed by atoms with Gasteiger partial charge in [-0.05, 0) is 49.4 Å². The number of hydrogen-bond donors (Lipinski definition) is 2. The molecule has 0 saturated carbocycles. The summed E-state index contributed by atoms with van der Waals surface area (Å²) in [5, 5.41) is 5.93. The van der Waals surface area contributed by atoms with Crippen LogP contribution in [0, 0.1) is 0 Å². The van der Waals surface area contributed by atoms with Crippen molar-refractivity contribution in [2.45, 2.75) is 23.8 Å². The summed E-state index contributed by atoms with van der Waals surface area (Å²) in [5.74, 6) is 0.440. The summed E-state index contributed by atoms with van der Waals surface area (Å²) in [5.41, 5.74) is 1.89. The van der Waals surface area contributed by atoms with E-state index in [2.05, 4.69) is 20.6 Å². The van der Waals surface area contributed by atoms with E-state index in [1.54, 1.807) is 25.0 Å². The van der Waals surface area contributed by atoms with Crippen molar-refractivity contribution in [2.24, 2.45) is 7.05 Å². The first-order valence-electron chi connectivity index (χ1n) is 9.83. The molecule has 1 saturated heterocycles. The normalized spacial score (nSPS) is 14.7. The van der Waals surface area contributed by atoms with Crippen molar-refractivity contribution in [3.63, 3.8) is 0 Å². The Bertz CT molecular complexity index is 1120. The van der Waals surface area contributed by atoms with E-state index in [1.165, 1.54) is 4.57 Å². The number of amides is 2. The zero-order valence-electron chi connectivity index (χ0n) is 17.0. The number of thioether (sulfide) groups is 1. The summed E-state index contributed by atoms with van der Waals surface area (Å²) in [7, 11) is 1.72. The molecule has 0 bridgehead atoms. The number of aromatic nitrogens is 3. The summed E-state index contributed by atoms with van der Waals surface area (Å²) in [6.07, 6.45) is 5.15. The third-order valence-electron chi connectivity index (χ3n) is 5.26. The number of urea groups is 1. The maximum absolute atomic E-state index is 12.7. The van der Waals surface area contributed by atoms with Crippen molar-refractivity contribution in [1.29, 1.82) is 0 Å². The molecule has 1 aliphatic rings. The summed E-state index contributed by atoms with van der Waals surface area (Å²) < 4.78 is 1.54. The van der Waals surface area contributed by atoms with Crippen molar-refractivity contribution in [3.8, 4) is 0 Å². The highest BCUT2D eigenvalue weighted by Gasteiger charge is 2.24. The van der Waals surface area contributed by atoms with Gasteiger partial charge in [-0.25, -0.2) is 14.8 Å². The maximum Gasteiger partial charge on any atom is 0.319 e. The van der Waals surface area contributed by atoms with Crippen LogP contribution in [0.5, 0.6) is 0 Å². The number of aryl methyl sites for hydroxylation is 1. The topological polar surface area (TPSA) is 92.2 Å². The number of nitrogens with one attached hydrogen (secondary N) is 2. The summed E-state index contributed by atoms with van der Waals surface area (Å²) in [4.78, 5) is 37.0. The lowest BCUT2D eigenvalue weighted by atomic mass is 10.1. The third-order valence-corrected chi connectivity index (χ3v) is 5.99. The van der Waals surface area contributed by atoms with Gasteiger partial charge in [-0.1, -0.05) is 6.07 Å². The van der Waals surface area contributed by atoms with E-state index in [0.29, 0.717) is 30.1 Å². The standard InChI is InChI=1S/C21H24N6O2S/c1-26-18-17(7-4-10-22-18)25-19(20(26)28)27-11-8-14(9-12-27)23-21(29)24-15-5-3-6-16(13-15)30-2/h3-7,10,13-14H,8-9,11-12H2,1-2H3,(H2,23,24,29). The van der Waals surface area contributed by atoms with Crippen LogP contribution >= 0.6 is 11.8 Å². The summed E-state index contributed by atoms with van der Waals surface area (Å²) in [6, 6.07) is 11.3. The van der Waals surface area contributed by atoms with Crippen molar-refractivity contribution in [2.75, 3.05) is 29.6 Å². The molecule has 30 heavy (non-hydrogen) atoms. The fourth-order valence-corrected chi connectivity index (χ4v) is 4.10. The van der Waals surface area contributed by atoms with Gasteiger partial charge in [0.15, 0.2) is 11.5 Å². The molecule has 0 aliphatic carbocycles. The molecule has 3 heterocycles. The quantitative estimate of drug-likeness (QED) is 0.626. The number of carbonyl (C=O) groups excluding carboxylic acids is 1. The average molecular weight is 425 g/mol. The number of benzene rings is 1. The summed E-state index contributed by atoms with van der Waals surface area (Å²) in [6.45, 7) is 1.31. The molecule has 8 nitrogen and oxygen atoms in total. The van der Waals surface area contributed by atoms with Crippen molar-refractivity contribution in [3.05, 3.63) is 52.9 Å². The highest BCUT2D eigenvalue weighted by Crippen LogP contribution is 2.20. The average Bonchev–Trinajstić information content (AvgIpc) is 2.77. The molecule has 4 rings (SSSR count). The van der Waals surface area contributed by atoms with Crippen LogP contribution in [-0.4, -0.2) is 46.0 Å². The first-order chi connectivity index (χ1) is 14.5. The predicted octanol–water partition coefficient (Wildman–Crippen LogP) is 2.84. The molecule has 3 aromatic rings. The number of pyridine rings is 1. The third kappa shape index (κ3) is 4.25. The minimum absolute atomic E-state index is 0.0518. The molecule has 2 aromatic heterocycles. The maximum atomic E-state index is 12.7. The Balaban J connectivity index is 1.38. The van der Waals surface area contributed by atoms with Crippen LogP contribution in [-0.2, 0) is 7.05 Å². The number of fused-ring (bicyclic) bond motifs is 1. The molecule has 2 N–H and O–H groups in total. The van der Waals surface area contributed by atoms with Crippen molar-refractivity contribution >= 4 is 40.5 Å². The Morgan fingerprint density at radius 1 is 1.20 bits per heavy atom. The van der Waals surface area contributed by atoms with Crippen molar-refractivity contribution < 1.29 is 4.79 Å². The molecule has 2 amide bonds. The Morgan fingerprint density at radius 2 is 2.00 bits per heavy atom. The number of piperidine rings is 1. The number of anilines is 2. The van der Waals surface area contributed by atoms with Gasteiger partial charge in [0.05, 0.1) is 0 Å². The Labute approximate surface area is 178 Å². The number of nitrogens with zero attached hydrogens (tertiary/aromatic N) is 4. The molecule has 1 aromatic carbocycles. The minimum Gasteiger partial charge on any atom is -0.352 e. The SMILES string of the molecule is CSc1cccc(NC(=O)NC2CCN(c3nc4cccnc4n(C)c3=O)CC2)c1. The zero-order valence-corrected chi connectivity index (χ0v) is 17.8. The number of hydrogen-bond acceptors (Lipinski definition) is 6. The fourth-order valence-electron chi connectivity index (χ4n) is 3.64. The summed E-state index contributed by atoms with van der Waals surface area (Å²) >= 11 is 1.63. The second kappa shape index (κ2) is 8.74. The van der Waals surface area contributed by atoms with Gasteiger partial charge in [0.25, 0.3) is 5.56 Å². The predicted molar refractivity (Wildman–Crippen MR) is 120 cm³/mol. The molecule has 1 aliphatic heterocycles. The lowest BCUT2D eigenvalue weighted by Gasteiger charge is -2.32. The van der Waals surface area contributed by atoms with Gasteiger partial charge in [0, 0.05) is 43.0 Å². The number of rotatable bonds is 4. The molecule has 156 valence electrons. The molecule has 0 spiro atoms. The van der Waals surface area contributed by atoms with E-state index in [0.717, 1.165) is 23.4 Å². The Morgan fingerprint density at radius 3 is 2.77 bits per heavy atom. The van der Waals surface area contributed by atoms with Crippen LogP contribution in [0.15, 0.2) is 52.3 Å². The van der Waals surface area contributed by atoms with Crippen LogP contribution in [0.3, 0.4) is 0 Å². The van der Waals surface area contributed by atoms with E-state index in [4.69, 9.17) is 0 Å². The molecular formula is C21H24N6O2S. The number of carbonyl (C=O) groups is 1. The van der Waals surface area contributed by atoms with Gasteiger partial charge in [-0.2, -0.15) is 0 Å². The molecule has 0 unspecified atom stereocenters. The Kier molecular flexibility index (Phi) is 5.89.